The van der Waals surface area contributed by atoms with Gasteiger partial charge in [-0.2, -0.15) is 5.10 Å². The number of H-pyrrole nitrogens is 1. The number of aromatic amines is 1. The van der Waals surface area contributed by atoms with Gasteiger partial charge in [-0.25, -0.2) is 0 Å². The normalized spacial score (nSPS) is 16.8. The van der Waals surface area contributed by atoms with Crippen LogP contribution in [0.4, 0.5) is 5.69 Å². The molecule has 6 nitrogen and oxygen atoms in total. The number of amides is 2. The topological polar surface area (TPSA) is 78.1 Å². The monoisotopic (exact) mass is 334 g/mol. The average molecular weight is 334 g/mol. The van der Waals surface area contributed by atoms with Gasteiger partial charge in [-0.15, -0.1) is 0 Å². The molecule has 1 atom stereocenters. The summed E-state index contributed by atoms with van der Waals surface area (Å²) in [6.07, 6.45) is 0.384. The Labute approximate surface area is 144 Å². The SMILES string of the molecule is CN1C(=O)C[C@@H](CNC(=O)c2n[nH]c3ccccc23)c2ccccc21. The molecule has 0 aliphatic carbocycles. The van der Waals surface area contributed by atoms with E-state index in [-0.39, 0.29) is 17.7 Å². The van der Waals surface area contributed by atoms with Gasteiger partial charge in [0.25, 0.3) is 5.91 Å². The minimum absolute atomic E-state index is 0.0333. The Hall–Kier alpha value is -3.15. The van der Waals surface area contributed by atoms with E-state index in [1.165, 1.54) is 0 Å². The predicted octanol–water partition coefficient (Wildman–Crippen LogP) is 2.44. The Kier molecular flexibility index (Phi) is 3.72. The lowest BCUT2D eigenvalue weighted by Crippen LogP contribution is -2.37. The minimum atomic E-state index is -0.235. The van der Waals surface area contributed by atoms with Crippen LogP contribution in [0.1, 0.15) is 28.4 Å². The molecule has 0 radical (unpaired) electrons. The molecule has 6 heteroatoms. The van der Waals surface area contributed by atoms with Gasteiger partial charge in [-0.1, -0.05) is 36.4 Å². The highest BCUT2D eigenvalue weighted by Crippen LogP contribution is 2.34. The van der Waals surface area contributed by atoms with Crippen molar-refractivity contribution in [3.8, 4) is 0 Å². The van der Waals surface area contributed by atoms with Crippen molar-refractivity contribution in [1.82, 2.24) is 15.5 Å². The molecule has 0 saturated carbocycles. The van der Waals surface area contributed by atoms with Crippen LogP contribution in [-0.2, 0) is 4.79 Å². The molecule has 2 aromatic carbocycles. The van der Waals surface area contributed by atoms with Crippen molar-refractivity contribution in [2.75, 3.05) is 18.5 Å². The molecule has 3 aromatic rings. The zero-order valence-corrected chi connectivity index (χ0v) is 13.8. The number of fused-ring (bicyclic) bond motifs is 2. The lowest BCUT2D eigenvalue weighted by Gasteiger charge is -2.31. The maximum Gasteiger partial charge on any atom is 0.272 e. The molecule has 0 spiro atoms. The van der Waals surface area contributed by atoms with E-state index in [9.17, 15) is 9.59 Å². The van der Waals surface area contributed by atoms with Gasteiger partial charge in [0.15, 0.2) is 5.69 Å². The summed E-state index contributed by atoms with van der Waals surface area (Å²) in [5, 5.41) is 10.7. The van der Waals surface area contributed by atoms with Gasteiger partial charge < -0.3 is 10.2 Å². The highest BCUT2D eigenvalue weighted by molar-refractivity contribution is 6.04. The number of para-hydroxylation sites is 2. The number of hydrogen-bond acceptors (Lipinski definition) is 3. The van der Waals surface area contributed by atoms with Crippen molar-refractivity contribution in [3.05, 3.63) is 59.8 Å². The van der Waals surface area contributed by atoms with Gasteiger partial charge in [0.05, 0.1) is 5.52 Å². The summed E-state index contributed by atoms with van der Waals surface area (Å²) in [6.45, 7) is 0.399. The largest absolute Gasteiger partial charge is 0.350 e. The average Bonchev–Trinajstić information content (AvgIpc) is 3.07. The first kappa shape index (κ1) is 15.4. The van der Waals surface area contributed by atoms with Crippen molar-refractivity contribution in [1.29, 1.82) is 0 Å². The zero-order valence-electron chi connectivity index (χ0n) is 13.8. The first-order valence-electron chi connectivity index (χ1n) is 8.22. The maximum atomic E-state index is 12.5. The molecule has 126 valence electrons. The number of carbonyl (C=O) groups is 2. The van der Waals surface area contributed by atoms with Gasteiger partial charge in [0, 0.05) is 37.0 Å². The Balaban J connectivity index is 1.54. The highest BCUT2D eigenvalue weighted by atomic mass is 16.2. The van der Waals surface area contributed by atoms with Gasteiger partial charge in [-0.3, -0.25) is 14.7 Å². The molecular weight excluding hydrogens is 316 g/mol. The Morgan fingerprint density at radius 3 is 2.88 bits per heavy atom. The van der Waals surface area contributed by atoms with Crippen molar-refractivity contribution < 1.29 is 9.59 Å². The summed E-state index contributed by atoms with van der Waals surface area (Å²) < 4.78 is 0. The van der Waals surface area contributed by atoms with Crippen molar-refractivity contribution in [2.45, 2.75) is 12.3 Å². The summed E-state index contributed by atoms with van der Waals surface area (Å²) in [5.74, 6) is -0.210. The first-order chi connectivity index (χ1) is 12.1. The standard InChI is InChI=1S/C19H18N4O2/c1-23-16-9-5-3-6-13(16)12(10-17(23)24)11-20-19(25)18-14-7-2-4-8-15(14)21-22-18/h2-9,12H,10-11H2,1H3,(H,20,25)(H,21,22)/t12-/m0/s1. The number of nitrogens with zero attached hydrogens (tertiary/aromatic N) is 2. The van der Waals surface area contributed by atoms with Gasteiger partial charge >= 0.3 is 0 Å². The fourth-order valence-corrected chi connectivity index (χ4v) is 3.35. The quantitative estimate of drug-likeness (QED) is 0.772. The second-order valence-electron chi connectivity index (χ2n) is 6.24. The molecule has 0 unspecified atom stereocenters. The number of nitrogens with one attached hydrogen (secondary N) is 2. The maximum absolute atomic E-state index is 12.5. The van der Waals surface area contributed by atoms with E-state index >= 15 is 0 Å². The predicted molar refractivity (Wildman–Crippen MR) is 95.6 cm³/mol. The van der Waals surface area contributed by atoms with Crippen molar-refractivity contribution >= 4 is 28.4 Å². The van der Waals surface area contributed by atoms with Crippen LogP contribution in [-0.4, -0.2) is 35.6 Å². The smallest absolute Gasteiger partial charge is 0.272 e. The van der Waals surface area contributed by atoms with Gasteiger partial charge in [-0.05, 0) is 17.7 Å². The summed E-state index contributed by atoms with van der Waals surface area (Å²) in [5.41, 5.74) is 3.19. The lowest BCUT2D eigenvalue weighted by atomic mass is 9.89. The van der Waals surface area contributed by atoms with Gasteiger partial charge in [0.1, 0.15) is 0 Å². The lowest BCUT2D eigenvalue weighted by molar-refractivity contribution is -0.119. The molecule has 2 heterocycles. The fraction of sp³-hybridized carbons (Fsp3) is 0.211. The molecule has 1 aliphatic heterocycles. The third kappa shape index (κ3) is 2.65. The number of carbonyl (C=O) groups excluding carboxylic acids is 2. The Morgan fingerprint density at radius 1 is 1.24 bits per heavy atom. The fourth-order valence-electron chi connectivity index (χ4n) is 3.35. The molecule has 4 rings (SSSR count). The van der Waals surface area contributed by atoms with E-state index in [1.54, 1.807) is 11.9 Å². The minimum Gasteiger partial charge on any atom is -0.350 e. The van der Waals surface area contributed by atoms with E-state index in [0.29, 0.717) is 18.7 Å². The molecule has 2 N–H and O–H groups in total. The van der Waals surface area contributed by atoms with Crippen LogP contribution in [0.5, 0.6) is 0 Å². The van der Waals surface area contributed by atoms with Crippen LogP contribution in [0, 0.1) is 0 Å². The Morgan fingerprint density at radius 2 is 2.00 bits per heavy atom. The molecule has 1 aliphatic rings. The van der Waals surface area contributed by atoms with E-state index in [1.807, 2.05) is 48.5 Å². The van der Waals surface area contributed by atoms with Crippen LogP contribution < -0.4 is 10.2 Å². The molecule has 25 heavy (non-hydrogen) atoms. The number of rotatable bonds is 3. The molecule has 1 aromatic heterocycles. The third-order valence-corrected chi connectivity index (χ3v) is 4.73. The number of hydrogen-bond donors (Lipinski definition) is 2. The molecule has 0 saturated heterocycles. The Bertz CT molecular complexity index is 963. The van der Waals surface area contributed by atoms with E-state index < -0.39 is 0 Å². The summed E-state index contributed by atoms with van der Waals surface area (Å²) >= 11 is 0. The molecule has 0 bridgehead atoms. The van der Waals surface area contributed by atoms with Crippen molar-refractivity contribution in [2.24, 2.45) is 0 Å². The molecule has 2 amide bonds. The van der Waals surface area contributed by atoms with Crippen LogP contribution in [0.2, 0.25) is 0 Å². The second kappa shape index (κ2) is 6.05. The van der Waals surface area contributed by atoms with E-state index in [0.717, 1.165) is 22.2 Å². The van der Waals surface area contributed by atoms with Crippen LogP contribution in [0.15, 0.2) is 48.5 Å². The van der Waals surface area contributed by atoms with Crippen molar-refractivity contribution in [3.63, 3.8) is 0 Å². The van der Waals surface area contributed by atoms with Gasteiger partial charge in [0.2, 0.25) is 5.91 Å². The van der Waals surface area contributed by atoms with Crippen LogP contribution in [0.25, 0.3) is 10.9 Å². The van der Waals surface area contributed by atoms with E-state index in [2.05, 4.69) is 15.5 Å². The second-order valence-corrected chi connectivity index (χ2v) is 6.24. The first-order valence-corrected chi connectivity index (χ1v) is 8.22. The highest BCUT2D eigenvalue weighted by Gasteiger charge is 2.29. The van der Waals surface area contributed by atoms with E-state index in [4.69, 9.17) is 0 Å². The molecular formula is C19H18N4O2. The summed E-state index contributed by atoms with van der Waals surface area (Å²) in [7, 11) is 1.78. The molecule has 0 fully saturated rings. The number of anilines is 1. The van der Waals surface area contributed by atoms with Crippen LogP contribution >= 0.6 is 0 Å². The number of benzene rings is 2. The third-order valence-electron chi connectivity index (χ3n) is 4.73. The summed E-state index contributed by atoms with van der Waals surface area (Å²) in [6, 6.07) is 15.3. The summed E-state index contributed by atoms with van der Waals surface area (Å²) in [4.78, 5) is 26.4. The van der Waals surface area contributed by atoms with Crippen LogP contribution in [0.3, 0.4) is 0 Å². The number of aromatic nitrogens is 2. The zero-order chi connectivity index (χ0) is 17.4.